The van der Waals surface area contributed by atoms with E-state index in [1.165, 1.54) is 25.1 Å². The molecule has 1 heterocycles. The predicted octanol–water partition coefficient (Wildman–Crippen LogP) is 7.46. The molecule has 5 aromatic rings. The van der Waals surface area contributed by atoms with Gasteiger partial charge in [0.1, 0.15) is 5.75 Å². The smallest absolute Gasteiger partial charge is 0.301 e. The van der Waals surface area contributed by atoms with Gasteiger partial charge < -0.3 is 10.0 Å². The van der Waals surface area contributed by atoms with E-state index in [1.807, 2.05) is 48.5 Å². The SMILES string of the molecule is CN(C)c1c([N+](=O)[O-])cc(N2C(=O)C3CC=C4C(CC5C(=O)C(c6ccccc6)=CC(=O)C5(c5ccccc5)C4c4c(O)ccc5ccccc45)C3C2=O)cc1[N+](=O)[O-]. The maximum absolute atomic E-state index is 15.4. The number of rotatable bonds is 7. The highest BCUT2D eigenvalue weighted by Gasteiger charge is 2.66. The Morgan fingerprint density at radius 3 is 2.05 bits per heavy atom. The van der Waals surface area contributed by atoms with Crippen molar-refractivity contribution in [3.63, 3.8) is 0 Å². The minimum atomic E-state index is -1.60. The highest BCUT2D eigenvalue weighted by atomic mass is 16.6. The van der Waals surface area contributed by atoms with Crippen LogP contribution in [0.3, 0.4) is 0 Å². The second-order valence-corrected chi connectivity index (χ2v) is 15.8. The number of amides is 2. The van der Waals surface area contributed by atoms with Crippen molar-refractivity contribution < 1.29 is 34.1 Å². The van der Waals surface area contributed by atoms with Gasteiger partial charge >= 0.3 is 11.4 Å². The summed E-state index contributed by atoms with van der Waals surface area (Å²) < 4.78 is 0. The average Bonchev–Trinajstić information content (AvgIpc) is 3.50. The standard InChI is InChI=1S/C46H36N4O9/c1-47(2)42-35(49(56)57)21-28(22-36(42)50(58)59)48-44(54)31-19-18-30-33(39(31)45(48)55)23-34-43(53)32(25-11-5-3-6-12-25)24-38(52)46(34,27-14-7-4-8-15-27)41(30)40-29-16-10-9-13-26(29)17-20-37(40)51/h3-18,20-22,24,31,33-34,39,41,51H,19,23H2,1-2H3. The Bertz CT molecular complexity index is 2710. The molecule has 0 radical (unpaired) electrons. The van der Waals surface area contributed by atoms with E-state index < -0.39 is 68.0 Å². The Balaban J connectivity index is 1.28. The zero-order valence-electron chi connectivity index (χ0n) is 31.9. The summed E-state index contributed by atoms with van der Waals surface area (Å²) in [6, 6.07) is 30.6. The molecule has 1 aliphatic heterocycles. The van der Waals surface area contributed by atoms with Crippen molar-refractivity contribution in [3.8, 4) is 5.75 Å². The summed E-state index contributed by atoms with van der Waals surface area (Å²) in [4.78, 5) is 85.2. The molecule has 3 aliphatic carbocycles. The van der Waals surface area contributed by atoms with Crippen molar-refractivity contribution in [2.45, 2.75) is 24.2 Å². The molecule has 9 rings (SSSR count). The lowest BCUT2D eigenvalue weighted by molar-refractivity contribution is -0.392. The lowest BCUT2D eigenvalue weighted by Crippen LogP contribution is -2.58. The van der Waals surface area contributed by atoms with Gasteiger partial charge in [-0.1, -0.05) is 103 Å². The highest BCUT2D eigenvalue weighted by Crippen LogP contribution is 2.65. The van der Waals surface area contributed by atoms with Crippen LogP contribution < -0.4 is 9.80 Å². The molecule has 13 nitrogen and oxygen atoms in total. The zero-order valence-corrected chi connectivity index (χ0v) is 31.9. The van der Waals surface area contributed by atoms with Crippen LogP contribution in [0.2, 0.25) is 0 Å². The van der Waals surface area contributed by atoms with Gasteiger partial charge in [0.05, 0.1) is 32.8 Å². The van der Waals surface area contributed by atoms with Gasteiger partial charge in [-0.3, -0.25) is 39.4 Å². The topological polar surface area (TPSA) is 181 Å². The van der Waals surface area contributed by atoms with Crippen molar-refractivity contribution in [2.75, 3.05) is 23.9 Å². The van der Waals surface area contributed by atoms with Crippen LogP contribution in [0.15, 0.2) is 127 Å². The average molecular weight is 789 g/mol. The number of hydrogen-bond donors (Lipinski definition) is 1. The molecule has 2 amide bonds. The first-order chi connectivity index (χ1) is 28.4. The number of aromatic hydroxyl groups is 1. The van der Waals surface area contributed by atoms with Gasteiger partial charge in [0.2, 0.25) is 11.8 Å². The number of hydrogen-bond acceptors (Lipinski definition) is 10. The normalized spacial score (nSPS) is 24.8. The number of allylic oxidation sites excluding steroid dienone is 4. The van der Waals surface area contributed by atoms with Crippen LogP contribution in [-0.2, 0) is 24.6 Å². The zero-order chi connectivity index (χ0) is 41.5. The molecule has 5 aromatic carbocycles. The molecule has 0 spiro atoms. The van der Waals surface area contributed by atoms with Gasteiger partial charge in [-0.15, -0.1) is 0 Å². The van der Waals surface area contributed by atoms with Gasteiger partial charge in [0, 0.05) is 49.2 Å². The number of nitro groups is 2. The van der Waals surface area contributed by atoms with Gasteiger partial charge in [-0.25, -0.2) is 4.90 Å². The van der Waals surface area contributed by atoms with Crippen molar-refractivity contribution in [2.24, 2.45) is 23.7 Å². The van der Waals surface area contributed by atoms with Crippen molar-refractivity contribution in [1.82, 2.24) is 0 Å². The maximum Gasteiger partial charge on any atom is 0.301 e. The van der Waals surface area contributed by atoms with Gasteiger partial charge in [-0.05, 0) is 52.8 Å². The first-order valence-electron chi connectivity index (χ1n) is 19.2. The lowest BCUT2D eigenvalue weighted by Gasteiger charge is -2.55. The third-order valence-corrected chi connectivity index (χ3v) is 12.8. The van der Waals surface area contributed by atoms with E-state index in [2.05, 4.69) is 0 Å². The molecule has 1 N–H and O–H groups in total. The Kier molecular flexibility index (Phi) is 8.65. The number of benzene rings is 5. The van der Waals surface area contributed by atoms with E-state index in [4.69, 9.17) is 0 Å². The van der Waals surface area contributed by atoms with Gasteiger partial charge in [-0.2, -0.15) is 0 Å². The van der Waals surface area contributed by atoms with Crippen LogP contribution in [0.25, 0.3) is 16.3 Å². The molecule has 2 fully saturated rings. The van der Waals surface area contributed by atoms with E-state index >= 15 is 9.59 Å². The molecule has 1 saturated heterocycles. The highest BCUT2D eigenvalue weighted by molar-refractivity contribution is 6.32. The minimum absolute atomic E-state index is 0.0224. The molecule has 6 unspecified atom stereocenters. The van der Waals surface area contributed by atoms with Gasteiger partial charge in [0.15, 0.2) is 17.3 Å². The fourth-order valence-electron chi connectivity index (χ4n) is 10.5. The van der Waals surface area contributed by atoms with Crippen LogP contribution in [0.1, 0.15) is 35.4 Å². The predicted molar refractivity (Wildman–Crippen MR) is 219 cm³/mol. The quantitative estimate of drug-likeness (QED) is 0.0753. The first-order valence-corrected chi connectivity index (χ1v) is 19.2. The van der Waals surface area contributed by atoms with E-state index in [0.717, 1.165) is 22.4 Å². The number of nitro benzene ring substituents is 2. The van der Waals surface area contributed by atoms with Crippen LogP contribution in [-0.4, -0.2) is 52.4 Å². The third kappa shape index (κ3) is 5.37. The second-order valence-electron chi connectivity index (χ2n) is 15.8. The summed E-state index contributed by atoms with van der Waals surface area (Å²) in [7, 11) is 2.84. The lowest BCUT2D eigenvalue weighted by atomic mass is 9.44. The fourth-order valence-corrected chi connectivity index (χ4v) is 10.5. The number of carbonyl (C=O) groups excluding carboxylic acids is 4. The molecule has 0 aromatic heterocycles. The van der Waals surface area contributed by atoms with Crippen molar-refractivity contribution in [1.29, 1.82) is 0 Å². The number of ketones is 2. The van der Waals surface area contributed by atoms with Crippen LogP contribution in [0, 0.1) is 43.9 Å². The van der Waals surface area contributed by atoms with Gasteiger partial charge in [0.25, 0.3) is 0 Å². The number of Topliss-reactive ketones (excluding diaryl/α,β-unsaturated/α-hetero) is 1. The number of phenolic OH excluding ortho intramolecular Hbond substituents is 1. The van der Waals surface area contributed by atoms with E-state index in [0.29, 0.717) is 27.6 Å². The molecule has 6 atom stereocenters. The summed E-state index contributed by atoms with van der Waals surface area (Å²) in [5.41, 5.74) is -1.18. The minimum Gasteiger partial charge on any atom is -0.508 e. The summed E-state index contributed by atoms with van der Waals surface area (Å²) >= 11 is 0. The Morgan fingerprint density at radius 2 is 1.41 bits per heavy atom. The Labute approximate surface area is 337 Å². The number of imide groups is 1. The molecule has 4 aliphatic rings. The maximum atomic E-state index is 15.4. The molecule has 13 heteroatoms. The van der Waals surface area contributed by atoms with E-state index in [1.54, 1.807) is 54.6 Å². The fraction of sp³-hybridized carbons (Fsp3) is 0.217. The number of anilines is 2. The number of carbonyl (C=O) groups is 4. The van der Waals surface area contributed by atoms with Crippen molar-refractivity contribution in [3.05, 3.63) is 164 Å². The largest absolute Gasteiger partial charge is 0.508 e. The number of phenols is 1. The summed E-state index contributed by atoms with van der Waals surface area (Å²) in [6.07, 6.45) is 3.27. The van der Waals surface area contributed by atoms with Crippen molar-refractivity contribution >= 4 is 62.5 Å². The number of nitrogens with zero attached hydrogens (tertiary/aromatic N) is 4. The monoisotopic (exact) mass is 788 g/mol. The molecule has 294 valence electrons. The molecular weight excluding hydrogens is 753 g/mol. The third-order valence-electron chi connectivity index (χ3n) is 12.8. The molecule has 0 bridgehead atoms. The summed E-state index contributed by atoms with van der Waals surface area (Å²) in [5.74, 6) is -7.17. The second kappa shape index (κ2) is 13.7. The molecule has 59 heavy (non-hydrogen) atoms. The number of fused-ring (bicyclic) bond motifs is 5. The van der Waals surface area contributed by atoms with Crippen LogP contribution >= 0.6 is 0 Å². The Hall–Kier alpha value is -7.28. The van der Waals surface area contributed by atoms with Crippen LogP contribution in [0.4, 0.5) is 22.7 Å². The van der Waals surface area contributed by atoms with E-state index in [-0.39, 0.29) is 47.1 Å². The molecule has 1 saturated carbocycles. The summed E-state index contributed by atoms with van der Waals surface area (Å²) in [6.45, 7) is 0. The Morgan fingerprint density at radius 1 is 0.780 bits per heavy atom. The first kappa shape index (κ1) is 37.3. The summed E-state index contributed by atoms with van der Waals surface area (Å²) in [5, 5.41) is 38.0. The van der Waals surface area contributed by atoms with Crippen LogP contribution in [0.5, 0.6) is 5.75 Å². The molecular formula is C46H36N4O9. The van der Waals surface area contributed by atoms with E-state index in [9.17, 15) is 34.9 Å².